The number of nitrogens with zero attached hydrogens (tertiary/aromatic N) is 2. The quantitative estimate of drug-likeness (QED) is 0.173. The normalized spacial score (nSPS) is 11.6. The molecule has 2 aromatic heterocycles. The van der Waals surface area contributed by atoms with Crippen LogP contribution in [0.4, 0.5) is 17.1 Å². The number of benzene rings is 8. The van der Waals surface area contributed by atoms with Gasteiger partial charge in [0.2, 0.25) is 0 Å². The van der Waals surface area contributed by atoms with Gasteiger partial charge in [-0.05, 0) is 115 Å². The lowest BCUT2D eigenvalue weighted by Gasteiger charge is -2.30. The fourth-order valence-corrected chi connectivity index (χ4v) is 8.34. The van der Waals surface area contributed by atoms with Crippen LogP contribution in [0.25, 0.3) is 71.7 Å². The SMILES string of the molecule is Cc1cc(N(c2cc(-c3ccc(-n4c5ccccc5c5ccccc54)cc3)c3oc4ccccc4c3c2)c2ccccc2C)c(C)cc1-c1ccccc1. The van der Waals surface area contributed by atoms with E-state index in [1.807, 2.05) is 6.07 Å². The summed E-state index contributed by atoms with van der Waals surface area (Å²) < 4.78 is 9.08. The summed E-state index contributed by atoms with van der Waals surface area (Å²) in [5.74, 6) is 0. The number of furan rings is 1. The molecular formula is C51H38N2O. The first kappa shape index (κ1) is 31.9. The molecule has 258 valence electrons. The predicted molar refractivity (Wildman–Crippen MR) is 228 cm³/mol. The van der Waals surface area contributed by atoms with Crippen LogP contribution in [-0.4, -0.2) is 4.57 Å². The molecule has 3 heteroatoms. The molecule has 0 fully saturated rings. The topological polar surface area (TPSA) is 21.3 Å². The lowest BCUT2D eigenvalue weighted by atomic mass is 9.95. The number of aromatic nitrogens is 1. The summed E-state index contributed by atoms with van der Waals surface area (Å²) in [6, 6.07) is 63.3. The first-order chi connectivity index (χ1) is 26.5. The third-order valence-corrected chi connectivity index (χ3v) is 11.0. The van der Waals surface area contributed by atoms with Gasteiger partial charge >= 0.3 is 0 Å². The number of hydrogen-bond acceptors (Lipinski definition) is 2. The Morgan fingerprint density at radius 1 is 0.426 bits per heavy atom. The molecule has 10 rings (SSSR count). The van der Waals surface area contributed by atoms with Crippen molar-refractivity contribution >= 4 is 60.8 Å². The van der Waals surface area contributed by atoms with E-state index in [0.29, 0.717) is 0 Å². The Bertz CT molecular complexity index is 2970. The molecule has 0 amide bonds. The van der Waals surface area contributed by atoms with E-state index in [1.165, 1.54) is 49.6 Å². The van der Waals surface area contributed by atoms with E-state index < -0.39 is 0 Å². The average molecular weight is 695 g/mol. The minimum Gasteiger partial charge on any atom is -0.455 e. The standard InChI is InChI=1S/C51H38N2O/c1-33-15-7-11-21-46(33)53(49-30-34(2)43(29-35(49)3)36-16-5-4-6-17-36)39-31-44(51-45(32-39)42-20-10-14-24-50(42)54-51)37-25-27-38(28-26-37)52-47-22-12-8-18-40(47)41-19-9-13-23-48(41)52/h4-32H,1-3H3. The van der Waals surface area contributed by atoms with Crippen LogP contribution in [-0.2, 0) is 0 Å². The highest BCUT2D eigenvalue weighted by Gasteiger charge is 2.23. The Labute approximate surface area is 315 Å². The first-order valence-corrected chi connectivity index (χ1v) is 18.6. The molecule has 0 saturated carbocycles. The molecule has 0 aliphatic heterocycles. The fraction of sp³-hybridized carbons (Fsp3) is 0.0588. The molecule has 3 nitrogen and oxygen atoms in total. The molecule has 0 bridgehead atoms. The van der Waals surface area contributed by atoms with Gasteiger partial charge in [0, 0.05) is 49.9 Å². The van der Waals surface area contributed by atoms with Crippen molar-refractivity contribution in [2.75, 3.05) is 4.90 Å². The number of anilines is 3. The molecule has 0 N–H and O–H groups in total. The maximum atomic E-state index is 6.71. The van der Waals surface area contributed by atoms with Crippen molar-refractivity contribution in [3.63, 3.8) is 0 Å². The summed E-state index contributed by atoms with van der Waals surface area (Å²) in [6.45, 7) is 6.65. The third kappa shape index (κ3) is 5.12. The van der Waals surface area contributed by atoms with Crippen molar-refractivity contribution in [2.24, 2.45) is 0 Å². The van der Waals surface area contributed by atoms with Crippen molar-refractivity contribution in [3.05, 3.63) is 193 Å². The van der Waals surface area contributed by atoms with Crippen LogP contribution in [0, 0.1) is 20.8 Å². The van der Waals surface area contributed by atoms with Crippen LogP contribution < -0.4 is 4.90 Å². The van der Waals surface area contributed by atoms with Crippen LogP contribution in [0.5, 0.6) is 0 Å². The zero-order valence-corrected chi connectivity index (χ0v) is 30.5. The van der Waals surface area contributed by atoms with E-state index in [2.05, 4.69) is 200 Å². The van der Waals surface area contributed by atoms with E-state index in [-0.39, 0.29) is 0 Å². The first-order valence-electron chi connectivity index (χ1n) is 18.6. The highest BCUT2D eigenvalue weighted by molar-refractivity contribution is 6.12. The summed E-state index contributed by atoms with van der Waals surface area (Å²) in [7, 11) is 0. The van der Waals surface area contributed by atoms with Gasteiger partial charge in [0.05, 0.1) is 11.0 Å². The van der Waals surface area contributed by atoms with Crippen molar-refractivity contribution in [2.45, 2.75) is 20.8 Å². The van der Waals surface area contributed by atoms with Gasteiger partial charge in [-0.1, -0.05) is 115 Å². The van der Waals surface area contributed by atoms with Crippen molar-refractivity contribution in [1.29, 1.82) is 0 Å². The van der Waals surface area contributed by atoms with Gasteiger partial charge < -0.3 is 13.9 Å². The lowest BCUT2D eigenvalue weighted by Crippen LogP contribution is -2.13. The van der Waals surface area contributed by atoms with Crippen LogP contribution in [0.2, 0.25) is 0 Å². The smallest absolute Gasteiger partial charge is 0.143 e. The minimum atomic E-state index is 0.884. The van der Waals surface area contributed by atoms with Crippen molar-refractivity contribution in [3.8, 4) is 27.9 Å². The molecule has 0 unspecified atom stereocenters. The number of para-hydroxylation sites is 4. The lowest BCUT2D eigenvalue weighted by molar-refractivity contribution is 0.670. The largest absolute Gasteiger partial charge is 0.455 e. The number of hydrogen-bond donors (Lipinski definition) is 0. The van der Waals surface area contributed by atoms with Crippen molar-refractivity contribution in [1.82, 2.24) is 4.57 Å². The Hall–Kier alpha value is -6.84. The molecule has 54 heavy (non-hydrogen) atoms. The maximum absolute atomic E-state index is 6.71. The molecule has 0 aliphatic carbocycles. The molecule has 0 saturated heterocycles. The molecule has 0 spiro atoms. The Morgan fingerprint density at radius 3 is 1.76 bits per heavy atom. The highest BCUT2D eigenvalue weighted by atomic mass is 16.3. The summed E-state index contributed by atoms with van der Waals surface area (Å²) in [6.07, 6.45) is 0. The van der Waals surface area contributed by atoms with E-state index >= 15 is 0 Å². The van der Waals surface area contributed by atoms with Crippen LogP contribution >= 0.6 is 0 Å². The zero-order valence-electron chi connectivity index (χ0n) is 30.5. The van der Waals surface area contributed by atoms with Gasteiger partial charge in [-0.3, -0.25) is 0 Å². The second-order valence-electron chi connectivity index (χ2n) is 14.3. The minimum absolute atomic E-state index is 0.884. The number of fused-ring (bicyclic) bond motifs is 6. The molecule has 0 atom stereocenters. The second kappa shape index (κ2) is 12.7. The van der Waals surface area contributed by atoms with Gasteiger partial charge in [0.25, 0.3) is 0 Å². The predicted octanol–water partition coefficient (Wildman–Crippen LogP) is 14.4. The van der Waals surface area contributed by atoms with E-state index in [0.717, 1.165) is 55.8 Å². The summed E-state index contributed by atoms with van der Waals surface area (Å²) in [5.41, 5.74) is 17.0. The molecule has 10 aromatic rings. The summed E-state index contributed by atoms with van der Waals surface area (Å²) in [5, 5.41) is 4.72. The summed E-state index contributed by atoms with van der Waals surface area (Å²) >= 11 is 0. The van der Waals surface area contributed by atoms with E-state index in [9.17, 15) is 0 Å². The van der Waals surface area contributed by atoms with Gasteiger partial charge in [-0.2, -0.15) is 0 Å². The zero-order chi connectivity index (χ0) is 36.3. The van der Waals surface area contributed by atoms with E-state index in [4.69, 9.17) is 4.42 Å². The maximum Gasteiger partial charge on any atom is 0.143 e. The van der Waals surface area contributed by atoms with Gasteiger partial charge in [0.15, 0.2) is 0 Å². The Morgan fingerprint density at radius 2 is 1.04 bits per heavy atom. The molecular weight excluding hydrogens is 657 g/mol. The van der Waals surface area contributed by atoms with Gasteiger partial charge in [-0.25, -0.2) is 0 Å². The van der Waals surface area contributed by atoms with Crippen LogP contribution in [0.1, 0.15) is 16.7 Å². The fourth-order valence-electron chi connectivity index (χ4n) is 8.34. The Kier molecular flexibility index (Phi) is 7.48. The highest BCUT2D eigenvalue weighted by Crippen LogP contribution is 2.46. The molecule has 0 aliphatic rings. The number of aryl methyl sites for hydroxylation is 3. The second-order valence-corrected chi connectivity index (χ2v) is 14.3. The van der Waals surface area contributed by atoms with Gasteiger partial charge in [0.1, 0.15) is 11.2 Å². The van der Waals surface area contributed by atoms with E-state index in [1.54, 1.807) is 0 Å². The third-order valence-electron chi connectivity index (χ3n) is 11.0. The Balaban J connectivity index is 1.19. The molecule has 8 aromatic carbocycles. The number of rotatable bonds is 6. The molecule has 2 heterocycles. The van der Waals surface area contributed by atoms with Crippen LogP contribution in [0.3, 0.4) is 0 Å². The monoisotopic (exact) mass is 694 g/mol. The van der Waals surface area contributed by atoms with Gasteiger partial charge in [-0.15, -0.1) is 0 Å². The summed E-state index contributed by atoms with van der Waals surface area (Å²) in [4.78, 5) is 2.43. The van der Waals surface area contributed by atoms with Crippen molar-refractivity contribution < 1.29 is 4.42 Å². The average Bonchev–Trinajstić information content (AvgIpc) is 3.76. The van der Waals surface area contributed by atoms with Crippen LogP contribution in [0.15, 0.2) is 180 Å². The molecule has 0 radical (unpaired) electrons.